The van der Waals surface area contributed by atoms with Gasteiger partial charge in [0.25, 0.3) is 5.56 Å². The van der Waals surface area contributed by atoms with Crippen molar-refractivity contribution < 1.29 is 4.57 Å². The summed E-state index contributed by atoms with van der Waals surface area (Å²) >= 11 is 0. The molecule has 23 heavy (non-hydrogen) atoms. The molecule has 0 saturated heterocycles. The Morgan fingerprint density at radius 2 is 1.83 bits per heavy atom. The molecule has 0 saturated carbocycles. The van der Waals surface area contributed by atoms with Crippen LogP contribution in [0.3, 0.4) is 0 Å². The number of para-hydroxylation sites is 2. The van der Waals surface area contributed by atoms with Crippen molar-refractivity contribution in [3.05, 3.63) is 89.5 Å². The van der Waals surface area contributed by atoms with Crippen molar-refractivity contribution in [2.75, 3.05) is 0 Å². The molecule has 0 aliphatic rings. The number of hydrogen-bond acceptors (Lipinski definition) is 2. The first kappa shape index (κ1) is 13.5. The lowest BCUT2D eigenvalue weighted by Gasteiger charge is -2.00. The minimum Gasteiger partial charge on any atom is -0.307 e. The van der Waals surface area contributed by atoms with Gasteiger partial charge in [0.15, 0.2) is 5.82 Å². The van der Waals surface area contributed by atoms with Gasteiger partial charge in [-0.15, -0.1) is 0 Å². The lowest BCUT2D eigenvalue weighted by molar-refractivity contribution is -0.688. The van der Waals surface area contributed by atoms with E-state index in [2.05, 4.69) is 9.97 Å². The van der Waals surface area contributed by atoms with E-state index in [9.17, 15) is 4.79 Å². The maximum absolute atomic E-state index is 12.1. The van der Waals surface area contributed by atoms with Gasteiger partial charge in [-0.25, -0.2) is 14.1 Å². The van der Waals surface area contributed by atoms with Crippen LogP contribution in [0.25, 0.3) is 16.6 Å². The molecular formula is C18H15N4O+. The molecule has 112 valence electrons. The van der Waals surface area contributed by atoms with E-state index in [4.69, 9.17) is 0 Å². The number of nitrogens with one attached hydrogen (secondary N) is 1. The number of imidazole rings is 1. The third-order valence-corrected chi connectivity index (χ3v) is 3.74. The van der Waals surface area contributed by atoms with E-state index < -0.39 is 0 Å². The van der Waals surface area contributed by atoms with Crippen molar-refractivity contribution in [1.82, 2.24) is 14.5 Å². The summed E-state index contributed by atoms with van der Waals surface area (Å²) in [7, 11) is 0. The maximum Gasteiger partial charge on any atom is 0.258 e. The summed E-state index contributed by atoms with van der Waals surface area (Å²) in [4.78, 5) is 19.5. The average Bonchev–Trinajstić information content (AvgIpc) is 3.04. The number of rotatable bonds is 3. The highest BCUT2D eigenvalue weighted by Gasteiger charge is 2.09. The zero-order valence-electron chi connectivity index (χ0n) is 12.4. The Labute approximate surface area is 132 Å². The highest BCUT2D eigenvalue weighted by Crippen LogP contribution is 2.06. The van der Waals surface area contributed by atoms with Gasteiger partial charge in [0.05, 0.1) is 10.9 Å². The first-order valence-electron chi connectivity index (χ1n) is 7.40. The fraction of sp³-hybridized carbons (Fsp3) is 0.0556. The van der Waals surface area contributed by atoms with Gasteiger partial charge < -0.3 is 4.98 Å². The second kappa shape index (κ2) is 5.53. The number of nitrogens with zero attached hydrogens (tertiary/aromatic N) is 3. The second-order valence-corrected chi connectivity index (χ2v) is 5.36. The highest BCUT2D eigenvalue weighted by atomic mass is 16.1. The Morgan fingerprint density at radius 3 is 2.70 bits per heavy atom. The third-order valence-electron chi connectivity index (χ3n) is 3.74. The number of hydrogen-bond donors (Lipinski definition) is 1. The molecule has 5 nitrogen and oxygen atoms in total. The minimum absolute atomic E-state index is 0.103. The van der Waals surface area contributed by atoms with Crippen LogP contribution in [-0.4, -0.2) is 14.5 Å². The number of benzene rings is 2. The van der Waals surface area contributed by atoms with E-state index in [0.717, 1.165) is 5.69 Å². The van der Waals surface area contributed by atoms with Crippen molar-refractivity contribution in [2.45, 2.75) is 6.54 Å². The van der Waals surface area contributed by atoms with Crippen molar-refractivity contribution in [2.24, 2.45) is 0 Å². The van der Waals surface area contributed by atoms with Crippen molar-refractivity contribution in [3.8, 4) is 5.69 Å². The third kappa shape index (κ3) is 2.64. The molecule has 4 aromatic rings. The molecule has 0 atom stereocenters. The quantitative estimate of drug-likeness (QED) is 0.589. The predicted molar refractivity (Wildman–Crippen MR) is 87.4 cm³/mol. The van der Waals surface area contributed by atoms with Crippen LogP contribution in [0, 0.1) is 0 Å². The van der Waals surface area contributed by atoms with Crippen molar-refractivity contribution >= 4 is 10.9 Å². The van der Waals surface area contributed by atoms with Crippen LogP contribution in [-0.2, 0) is 6.54 Å². The van der Waals surface area contributed by atoms with Gasteiger partial charge in [0.1, 0.15) is 24.6 Å². The van der Waals surface area contributed by atoms with Crippen LogP contribution >= 0.6 is 0 Å². The van der Waals surface area contributed by atoms with Crippen LogP contribution in [0.4, 0.5) is 0 Å². The number of aromatic amines is 1. The van der Waals surface area contributed by atoms with Crippen LogP contribution < -0.4 is 10.1 Å². The van der Waals surface area contributed by atoms with Gasteiger partial charge in [-0.05, 0) is 24.3 Å². The zero-order valence-corrected chi connectivity index (χ0v) is 12.4. The van der Waals surface area contributed by atoms with Crippen LogP contribution in [0.1, 0.15) is 5.82 Å². The summed E-state index contributed by atoms with van der Waals surface area (Å²) in [5, 5.41) is 0.614. The average molecular weight is 303 g/mol. The van der Waals surface area contributed by atoms with E-state index in [1.165, 1.54) is 0 Å². The molecule has 0 fully saturated rings. The maximum atomic E-state index is 12.1. The van der Waals surface area contributed by atoms with Crippen molar-refractivity contribution in [3.63, 3.8) is 0 Å². The molecule has 2 heterocycles. The monoisotopic (exact) mass is 303 g/mol. The lowest BCUT2D eigenvalue weighted by atomic mass is 10.2. The first-order chi connectivity index (χ1) is 11.3. The zero-order chi connectivity index (χ0) is 15.6. The molecule has 0 amide bonds. The number of fused-ring (bicyclic) bond motifs is 1. The SMILES string of the molecule is O=c1[nH]c(C[n+]2ccn(-c3ccccc3)c2)nc2ccccc12. The Balaban J connectivity index is 1.66. The van der Waals surface area contributed by atoms with E-state index in [1.54, 1.807) is 6.07 Å². The summed E-state index contributed by atoms with van der Waals surface area (Å²) in [6.07, 6.45) is 5.92. The summed E-state index contributed by atoms with van der Waals surface area (Å²) in [5.41, 5.74) is 1.70. The summed E-state index contributed by atoms with van der Waals surface area (Å²) < 4.78 is 4.01. The molecule has 5 heteroatoms. The molecule has 0 aliphatic heterocycles. The number of aromatic nitrogens is 4. The van der Waals surface area contributed by atoms with Gasteiger partial charge in [-0.3, -0.25) is 4.79 Å². The minimum atomic E-state index is -0.103. The van der Waals surface area contributed by atoms with Crippen LogP contribution in [0.2, 0.25) is 0 Å². The smallest absolute Gasteiger partial charge is 0.258 e. The standard InChI is InChI=1S/C18H14N4O/c23-18-15-8-4-5-9-16(15)19-17(20-18)12-21-10-11-22(13-21)14-6-2-1-3-7-14/h1-11,13H,12H2/p+1. The highest BCUT2D eigenvalue weighted by molar-refractivity contribution is 5.77. The van der Waals surface area contributed by atoms with Gasteiger partial charge >= 0.3 is 0 Å². The Morgan fingerprint density at radius 1 is 1.04 bits per heavy atom. The Kier molecular flexibility index (Phi) is 3.24. The van der Waals surface area contributed by atoms with Gasteiger partial charge in [0.2, 0.25) is 6.33 Å². The molecular weight excluding hydrogens is 288 g/mol. The summed E-state index contributed by atoms with van der Waals surface area (Å²) in [6, 6.07) is 17.4. The van der Waals surface area contributed by atoms with E-state index >= 15 is 0 Å². The first-order valence-corrected chi connectivity index (χ1v) is 7.40. The predicted octanol–water partition coefficient (Wildman–Crippen LogP) is 2.05. The summed E-state index contributed by atoms with van der Waals surface area (Å²) in [6.45, 7) is 0.514. The van der Waals surface area contributed by atoms with E-state index in [1.807, 2.05) is 76.4 Å². The van der Waals surface area contributed by atoms with Crippen LogP contribution in [0.5, 0.6) is 0 Å². The molecule has 0 aliphatic carbocycles. The van der Waals surface area contributed by atoms with Gasteiger partial charge in [0, 0.05) is 0 Å². The molecule has 2 aromatic heterocycles. The van der Waals surface area contributed by atoms with E-state index in [0.29, 0.717) is 23.3 Å². The van der Waals surface area contributed by atoms with Crippen molar-refractivity contribution in [1.29, 1.82) is 0 Å². The largest absolute Gasteiger partial charge is 0.307 e. The molecule has 0 radical (unpaired) electrons. The van der Waals surface area contributed by atoms with Gasteiger partial charge in [-0.1, -0.05) is 30.3 Å². The van der Waals surface area contributed by atoms with E-state index in [-0.39, 0.29) is 5.56 Å². The summed E-state index contributed by atoms with van der Waals surface area (Å²) in [5.74, 6) is 0.643. The Hall–Kier alpha value is -3.21. The molecule has 4 rings (SSSR count). The normalized spacial score (nSPS) is 11.0. The fourth-order valence-corrected chi connectivity index (χ4v) is 2.62. The fourth-order valence-electron chi connectivity index (χ4n) is 2.62. The Bertz CT molecular complexity index is 1020. The molecule has 0 unspecified atom stereocenters. The molecule has 0 spiro atoms. The van der Waals surface area contributed by atoms with Crippen LogP contribution in [0.15, 0.2) is 78.1 Å². The van der Waals surface area contributed by atoms with Gasteiger partial charge in [-0.2, -0.15) is 0 Å². The molecule has 0 bridgehead atoms. The second-order valence-electron chi connectivity index (χ2n) is 5.36. The lowest BCUT2D eigenvalue weighted by Crippen LogP contribution is -2.33. The topological polar surface area (TPSA) is 54.6 Å². The molecule has 2 aromatic carbocycles. The number of H-pyrrole nitrogens is 1. The molecule has 1 N–H and O–H groups in total.